The Hall–Kier alpha value is -2.47. The number of hydrogen-bond donors (Lipinski definition) is 1. The van der Waals surface area contributed by atoms with Crippen LogP contribution in [0.5, 0.6) is 11.5 Å². The summed E-state index contributed by atoms with van der Waals surface area (Å²) in [4.78, 5) is 0. The maximum Gasteiger partial charge on any atom is 0.180 e. The standard InChI is InChI=1S/C21H27N3O2S/c1-4-25-20-12-18(10-11-19(20)26-14-16(2)3)13-23-24-21(22)27-15-17-8-6-5-7-9-17/h5-13,16H,4,14-15H2,1-3H3,(H2,22,24). The van der Waals surface area contributed by atoms with Crippen LogP contribution in [-0.4, -0.2) is 24.6 Å². The minimum Gasteiger partial charge on any atom is -0.490 e. The molecular weight excluding hydrogens is 358 g/mol. The first-order valence-corrected chi connectivity index (χ1v) is 10.00. The molecule has 0 unspecified atom stereocenters. The lowest BCUT2D eigenvalue weighted by Crippen LogP contribution is -2.06. The summed E-state index contributed by atoms with van der Waals surface area (Å²) in [6.45, 7) is 7.38. The summed E-state index contributed by atoms with van der Waals surface area (Å²) in [6.07, 6.45) is 1.66. The molecule has 0 aliphatic rings. The van der Waals surface area contributed by atoms with Crippen molar-refractivity contribution in [3.8, 4) is 11.5 Å². The molecule has 2 aromatic carbocycles. The van der Waals surface area contributed by atoms with Gasteiger partial charge < -0.3 is 15.2 Å². The van der Waals surface area contributed by atoms with Gasteiger partial charge in [0.2, 0.25) is 0 Å². The summed E-state index contributed by atoms with van der Waals surface area (Å²) in [6, 6.07) is 15.8. The molecule has 0 aliphatic carbocycles. The van der Waals surface area contributed by atoms with Crippen molar-refractivity contribution in [2.24, 2.45) is 21.9 Å². The van der Waals surface area contributed by atoms with Gasteiger partial charge in [-0.3, -0.25) is 0 Å². The molecule has 0 aliphatic heterocycles. The van der Waals surface area contributed by atoms with E-state index >= 15 is 0 Å². The SMILES string of the molecule is CCOc1cc(C=NN=C(N)SCc2ccccc2)ccc1OCC(C)C. The third-order valence-electron chi connectivity index (χ3n) is 3.43. The molecule has 2 aromatic rings. The number of benzene rings is 2. The summed E-state index contributed by atoms with van der Waals surface area (Å²) in [5.74, 6) is 2.66. The molecule has 0 saturated carbocycles. The predicted octanol–water partition coefficient (Wildman–Crippen LogP) is 4.70. The monoisotopic (exact) mass is 385 g/mol. The quantitative estimate of drug-likeness (QED) is 0.386. The number of rotatable bonds is 9. The van der Waals surface area contributed by atoms with Crippen LogP contribution in [-0.2, 0) is 5.75 Å². The molecule has 0 bridgehead atoms. The van der Waals surface area contributed by atoms with Crippen molar-refractivity contribution in [3.63, 3.8) is 0 Å². The number of hydrogen-bond acceptors (Lipinski definition) is 5. The van der Waals surface area contributed by atoms with E-state index < -0.39 is 0 Å². The zero-order chi connectivity index (χ0) is 19.5. The van der Waals surface area contributed by atoms with Gasteiger partial charge in [-0.05, 0) is 42.2 Å². The minimum atomic E-state index is 0.428. The van der Waals surface area contributed by atoms with Gasteiger partial charge in [0.05, 0.1) is 19.4 Å². The van der Waals surface area contributed by atoms with E-state index in [9.17, 15) is 0 Å². The highest BCUT2D eigenvalue weighted by atomic mass is 32.2. The van der Waals surface area contributed by atoms with Crippen LogP contribution in [0.3, 0.4) is 0 Å². The number of nitrogens with zero attached hydrogens (tertiary/aromatic N) is 2. The average Bonchev–Trinajstić information content (AvgIpc) is 2.67. The molecule has 0 amide bonds. The minimum absolute atomic E-state index is 0.428. The molecule has 0 heterocycles. The van der Waals surface area contributed by atoms with Gasteiger partial charge in [0, 0.05) is 5.75 Å². The molecule has 5 nitrogen and oxygen atoms in total. The number of nitrogens with two attached hydrogens (primary N) is 1. The molecule has 2 rings (SSSR count). The van der Waals surface area contributed by atoms with E-state index in [0.29, 0.717) is 30.0 Å². The van der Waals surface area contributed by atoms with Crippen molar-refractivity contribution in [2.75, 3.05) is 13.2 Å². The average molecular weight is 386 g/mol. The Balaban J connectivity index is 1.97. The second-order valence-electron chi connectivity index (χ2n) is 6.30. The maximum atomic E-state index is 5.91. The number of thioether (sulfide) groups is 1. The smallest absolute Gasteiger partial charge is 0.180 e. The Morgan fingerprint density at radius 1 is 1.11 bits per heavy atom. The fraction of sp³-hybridized carbons (Fsp3) is 0.333. The van der Waals surface area contributed by atoms with Gasteiger partial charge in [0.25, 0.3) is 0 Å². The highest BCUT2D eigenvalue weighted by molar-refractivity contribution is 8.13. The first-order chi connectivity index (χ1) is 13.1. The van der Waals surface area contributed by atoms with E-state index in [0.717, 1.165) is 17.1 Å². The normalized spacial score (nSPS) is 11.9. The Bertz CT molecular complexity index is 761. The Kier molecular flexibility index (Phi) is 8.71. The van der Waals surface area contributed by atoms with E-state index in [-0.39, 0.29) is 0 Å². The molecule has 2 N–H and O–H groups in total. The third kappa shape index (κ3) is 7.74. The van der Waals surface area contributed by atoms with E-state index in [1.54, 1.807) is 6.21 Å². The second-order valence-corrected chi connectivity index (χ2v) is 7.30. The predicted molar refractivity (Wildman–Crippen MR) is 115 cm³/mol. The van der Waals surface area contributed by atoms with Crippen LogP contribution in [0, 0.1) is 5.92 Å². The molecule has 0 fully saturated rings. The van der Waals surface area contributed by atoms with Gasteiger partial charge in [-0.15, -0.1) is 5.10 Å². The molecule has 144 valence electrons. The molecule has 0 radical (unpaired) electrons. The zero-order valence-corrected chi connectivity index (χ0v) is 16.9. The largest absolute Gasteiger partial charge is 0.490 e. The van der Waals surface area contributed by atoms with Crippen LogP contribution in [0.2, 0.25) is 0 Å². The van der Waals surface area contributed by atoms with Crippen molar-refractivity contribution < 1.29 is 9.47 Å². The molecule has 27 heavy (non-hydrogen) atoms. The van der Waals surface area contributed by atoms with Crippen molar-refractivity contribution >= 4 is 23.1 Å². The molecule has 0 atom stereocenters. The fourth-order valence-electron chi connectivity index (χ4n) is 2.16. The first kappa shape index (κ1) is 20.8. The van der Waals surface area contributed by atoms with Gasteiger partial charge in [-0.25, -0.2) is 0 Å². The Labute approximate surface area is 165 Å². The van der Waals surface area contributed by atoms with E-state index in [2.05, 4.69) is 36.2 Å². The summed E-state index contributed by atoms with van der Waals surface area (Å²) in [7, 11) is 0. The second kappa shape index (κ2) is 11.3. The molecular formula is C21H27N3O2S. The van der Waals surface area contributed by atoms with E-state index in [1.807, 2.05) is 43.3 Å². The Morgan fingerprint density at radius 3 is 2.59 bits per heavy atom. The third-order valence-corrected chi connectivity index (χ3v) is 4.29. The lowest BCUT2D eigenvalue weighted by Gasteiger charge is -2.13. The number of amidine groups is 1. The Morgan fingerprint density at radius 2 is 1.89 bits per heavy atom. The van der Waals surface area contributed by atoms with Crippen LogP contribution in [0.15, 0.2) is 58.7 Å². The van der Waals surface area contributed by atoms with E-state index in [1.165, 1.54) is 17.3 Å². The van der Waals surface area contributed by atoms with Crippen LogP contribution in [0.1, 0.15) is 31.9 Å². The summed E-state index contributed by atoms with van der Waals surface area (Å²) in [5, 5.41) is 8.55. The lowest BCUT2D eigenvalue weighted by molar-refractivity contribution is 0.248. The lowest BCUT2D eigenvalue weighted by atomic mass is 10.2. The van der Waals surface area contributed by atoms with Crippen molar-refractivity contribution in [3.05, 3.63) is 59.7 Å². The van der Waals surface area contributed by atoms with Gasteiger partial charge in [-0.1, -0.05) is 55.9 Å². The van der Waals surface area contributed by atoms with Crippen LogP contribution >= 0.6 is 11.8 Å². The highest BCUT2D eigenvalue weighted by Gasteiger charge is 2.07. The van der Waals surface area contributed by atoms with Gasteiger partial charge in [-0.2, -0.15) is 5.10 Å². The first-order valence-electron chi connectivity index (χ1n) is 9.01. The molecule has 0 aromatic heterocycles. The number of ether oxygens (including phenoxy) is 2. The summed E-state index contributed by atoms with van der Waals surface area (Å²) < 4.78 is 11.5. The zero-order valence-electron chi connectivity index (χ0n) is 16.1. The topological polar surface area (TPSA) is 69.2 Å². The fourth-order valence-corrected chi connectivity index (χ4v) is 2.77. The van der Waals surface area contributed by atoms with Gasteiger partial charge in [0.15, 0.2) is 16.7 Å². The summed E-state index contributed by atoms with van der Waals surface area (Å²) in [5.41, 5.74) is 7.98. The van der Waals surface area contributed by atoms with Crippen LogP contribution in [0.25, 0.3) is 0 Å². The highest BCUT2D eigenvalue weighted by Crippen LogP contribution is 2.28. The van der Waals surface area contributed by atoms with Crippen molar-refractivity contribution in [1.82, 2.24) is 0 Å². The molecule has 0 spiro atoms. The summed E-state index contributed by atoms with van der Waals surface area (Å²) >= 11 is 1.46. The van der Waals surface area contributed by atoms with E-state index in [4.69, 9.17) is 15.2 Å². The maximum absolute atomic E-state index is 5.91. The van der Waals surface area contributed by atoms with Crippen LogP contribution in [0.4, 0.5) is 0 Å². The van der Waals surface area contributed by atoms with Crippen LogP contribution < -0.4 is 15.2 Å². The molecule has 6 heteroatoms. The molecule has 0 saturated heterocycles. The van der Waals surface area contributed by atoms with Crippen molar-refractivity contribution in [1.29, 1.82) is 0 Å². The van der Waals surface area contributed by atoms with Crippen molar-refractivity contribution in [2.45, 2.75) is 26.5 Å². The van der Waals surface area contributed by atoms with Gasteiger partial charge >= 0.3 is 0 Å². The van der Waals surface area contributed by atoms with Gasteiger partial charge in [0.1, 0.15) is 0 Å².